The van der Waals surface area contributed by atoms with Gasteiger partial charge in [0.1, 0.15) is 6.17 Å². The van der Waals surface area contributed by atoms with E-state index in [9.17, 15) is 14.0 Å². The van der Waals surface area contributed by atoms with E-state index in [1.807, 2.05) is 0 Å². The van der Waals surface area contributed by atoms with Gasteiger partial charge in [0.25, 0.3) is 0 Å². The predicted molar refractivity (Wildman–Crippen MR) is 52.5 cm³/mol. The van der Waals surface area contributed by atoms with Crippen molar-refractivity contribution in [1.29, 1.82) is 0 Å². The second kappa shape index (κ2) is 5.06. The minimum absolute atomic E-state index is 0.0831. The lowest BCUT2D eigenvalue weighted by atomic mass is 10.1. The summed E-state index contributed by atoms with van der Waals surface area (Å²) in [6.45, 7) is 0.521. The van der Waals surface area contributed by atoms with Crippen molar-refractivity contribution >= 4 is 11.8 Å². The van der Waals surface area contributed by atoms with Gasteiger partial charge in [0.2, 0.25) is 11.8 Å². The zero-order valence-corrected chi connectivity index (χ0v) is 8.49. The van der Waals surface area contributed by atoms with E-state index in [-0.39, 0.29) is 25.3 Å². The van der Waals surface area contributed by atoms with Gasteiger partial charge in [0.05, 0.1) is 12.6 Å². The zero-order chi connectivity index (χ0) is 11.4. The minimum Gasteiger partial charge on any atom is -0.370 e. The Labute approximate surface area is 87.6 Å². The molecule has 0 aromatic carbocycles. The number of rotatable bonds is 4. The van der Waals surface area contributed by atoms with Crippen LogP contribution in [0, 0.1) is 0 Å². The molecule has 86 valence electrons. The van der Waals surface area contributed by atoms with Crippen molar-refractivity contribution in [3.8, 4) is 0 Å². The average Bonchev–Trinajstić information content (AvgIpc) is 2.60. The Morgan fingerprint density at radius 1 is 1.53 bits per heavy atom. The number of alkyl halides is 1. The van der Waals surface area contributed by atoms with Crippen molar-refractivity contribution in [3.05, 3.63) is 0 Å². The molecule has 1 rings (SSSR count). The molecule has 0 aromatic rings. The first-order chi connectivity index (χ1) is 7.00. The summed E-state index contributed by atoms with van der Waals surface area (Å²) in [5.74, 6) is -0.778. The van der Waals surface area contributed by atoms with Crippen LogP contribution < -0.4 is 11.5 Å². The lowest BCUT2D eigenvalue weighted by Crippen LogP contribution is -2.43. The normalized spacial score (nSPS) is 22.8. The number of primary amides is 1. The van der Waals surface area contributed by atoms with Gasteiger partial charge in [0.15, 0.2) is 0 Å². The summed E-state index contributed by atoms with van der Waals surface area (Å²) >= 11 is 0. The smallest absolute Gasteiger partial charge is 0.239 e. The van der Waals surface area contributed by atoms with E-state index in [1.54, 1.807) is 0 Å². The molecule has 0 radical (unpaired) electrons. The number of nitrogens with two attached hydrogens (primary N) is 2. The van der Waals surface area contributed by atoms with Crippen LogP contribution in [0.5, 0.6) is 0 Å². The van der Waals surface area contributed by atoms with E-state index in [4.69, 9.17) is 11.5 Å². The maximum atomic E-state index is 12.8. The molecule has 0 aromatic heterocycles. The van der Waals surface area contributed by atoms with Crippen molar-refractivity contribution < 1.29 is 14.0 Å². The lowest BCUT2D eigenvalue weighted by Gasteiger charge is -2.19. The van der Waals surface area contributed by atoms with Crippen LogP contribution in [0.2, 0.25) is 0 Å². The first kappa shape index (κ1) is 11.9. The van der Waals surface area contributed by atoms with Gasteiger partial charge in [-0.25, -0.2) is 4.39 Å². The maximum absolute atomic E-state index is 12.8. The van der Waals surface area contributed by atoms with E-state index in [0.29, 0.717) is 13.0 Å². The number of carbonyl (C=O) groups excluding carboxylic acids is 2. The van der Waals surface area contributed by atoms with Crippen LogP contribution in [0.15, 0.2) is 0 Å². The molecule has 2 amide bonds. The molecule has 1 heterocycles. The molecule has 1 aliphatic heterocycles. The topological polar surface area (TPSA) is 89.4 Å². The van der Waals surface area contributed by atoms with E-state index >= 15 is 0 Å². The Bertz CT molecular complexity index is 260. The largest absolute Gasteiger partial charge is 0.370 e. The Kier molecular flexibility index (Phi) is 4.02. The molecule has 6 heteroatoms. The van der Waals surface area contributed by atoms with E-state index in [1.165, 1.54) is 4.90 Å². The quantitative estimate of drug-likeness (QED) is 0.642. The van der Waals surface area contributed by atoms with Crippen LogP contribution in [-0.2, 0) is 9.59 Å². The van der Waals surface area contributed by atoms with Gasteiger partial charge in [0, 0.05) is 13.0 Å². The van der Waals surface area contributed by atoms with Gasteiger partial charge >= 0.3 is 0 Å². The second-order valence-electron chi connectivity index (χ2n) is 3.78. The Morgan fingerprint density at radius 3 is 2.67 bits per heavy atom. The molecule has 0 bridgehead atoms. The number of hydrogen-bond donors (Lipinski definition) is 2. The Balaban J connectivity index is 2.35. The average molecular weight is 217 g/mol. The summed E-state index contributed by atoms with van der Waals surface area (Å²) in [5, 5.41) is 0. The van der Waals surface area contributed by atoms with Gasteiger partial charge < -0.3 is 16.4 Å². The van der Waals surface area contributed by atoms with Crippen molar-refractivity contribution in [2.24, 2.45) is 11.5 Å². The van der Waals surface area contributed by atoms with Crippen LogP contribution in [-0.4, -0.2) is 42.0 Å². The monoisotopic (exact) mass is 217 g/mol. The van der Waals surface area contributed by atoms with Crippen LogP contribution >= 0.6 is 0 Å². The molecule has 1 saturated heterocycles. The molecule has 2 atom stereocenters. The van der Waals surface area contributed by atoms with Crippen LogP contribution in [0.1, 0.15) is 19.3 Å². The lowest BCUT2D eigenvalue weighted by molar-refractivity contribution is -0.132. The van der Waals surface area contributed by atoms with Crippen molar-refractivity contribution in [2.45, 2.75) is 31.5 Å². The number of carbonyl (C=O) groups is 2. The summed E-state index contributed by atoms with van der Waals surface area (Å²) in [6, 6.07) is -0.747. The summed E-state index contributed by atoms with van der Waals surface area (Å²) in [7, 11) is 0. The number of likely N-dealkylation sites (tertiary alicyclic amines) is 1. The highest BCUT2D eigenvalue weighted by molar-refractivity contribution is 5.83. The van der Waals surface area contributed by atoms with Crippen LogP contribution in [0.25, 0.3) is 0 Å². The third-order valence-corrected chi connectivity index (χ3v) is 2.46. The third kappa shape index (κ3) is 3.47. The maximum Gasteiger partial charge on any atom is 0.239 e. The Hall–Kier alpha value is -1.17. The second-order valence-corrected chi connectivity index (χ2v) is 3.78. The van der Waals surface area contributed by atoms with E-state index in [2.05, 4.69) is 0 Å². The predicted octanol–water partition coefficient (Wildman–Crippen LogP) is -0.850. The molecule has 0 unspecified atom stereocenters. The molecular formula is C9H16FN3O2. The summed E-state index contributed by atoms with van der Waals surface area (Å²) in [6.07, 6.45) is -0.271. The minimum atomic E-state index is -0.947. The Morgan fingerprint density at radius 2 is 2.20 bits per heavy atom. The molecule has 15 heavy (non-hydrogen) atoms. The van der Waals surface area contributed by atoms with Gasteiger partial charge in [-0.2, -0.15) is 0 Å². The number of hydrogen-bond acceptors (Lipinski definition) is 3. The van der Waals surface area contributed by atoms with Crippen molar-refractivity contribution in [1.82, 2.24) is 4.90 Å². The standard InChI is InChI=1S/C9H16FN3O2/c10-6-3-4-13(5-6)9(15)7(11)1-2-8(12)14/h6-7H,1-5,11H2,(H2,12,14)/t6-,7+/m1/s1. The molecular weight excluding hydrogens is 201 g/mol. The fraction of sp³-hybridized carbons (Fsp3) is 0.778. The molecule has 0 saturated carbocycles. The van der Waals surface area contributed by atoms with Gasteiger partial charge in [-0.3, -0.25) is 9.59 Å². The van der Waals surface area contributed by atoms with Crippen LogP contribution in [0.3, 0.4) is 0 Å². The fourth-order valence-electron chi connectivity index (χ4n) is 1.57. The molecule has 5 nitrogen and oxygen atoms in total. The highest BCUT2D eigenvalue weighted by Gasteiger charge is 2.28. The van der Waals surface area contributed by atoms with E-state index < -0.39 is 18.1 Å². The van der Waals surface area contributed by atoms with Crippen LogP contribution in [0.4, 0.5) is 4.39 Å². The number of nitrogens with zero attached hydrogens (tertiary/aromatic N) is 1. The van der Waals surface area contributed by atoms with Gasteiger partial charge in [-0.05, 0) is 12.8 Å². The zero-order valence-electron chi connectivity index (χ0n) is 8.49. The molecule has 1 fully saturated rings. The SMILES string of the molecule is NC(=O)CC[C@H](N)C(=O)N1CC[C@@H](F)C1. The third-order valence-electron chi connectivity index (χ3n) is 2.46. The summed E-state index contributed by atoms with van der Waals surface area (Å²) < 4.78 is 12.8. The highest BCUT2D eigenvalue weighted by Crippen LogP contribution is 2.13. The summed E-state index contributed by atoms with van der Waals surface area (Å²) in [4.78, 5) is 23.5. The molecule has 0 spiro atoms. The van der Waals surface area contributed by atoms with Gasteiger partial charge in [-0.1, -0.05) is 0 Å². The highest BCUT2D eigenvalue weighted by atomic mass is 19.1. The first-order valence-corrected chi connectivity index (χ1v) is 4.97. The van der Waals surface area contributed by atoms with Crippen molar-refractivity contribution in [3.63, 3.8) is 0 Å². The van der Waals surface area contributed by atoms with Crippen molar-refractivity contribution in [2.75, 3.05) is 13.1 Å². The van der Waals surface area contributed by atoms with Gasteiger partial charge in [-0.15, -0.1) is 0 Å². The summed E-state index contributed by atoms with van der Waals surface area (Å²) in [5.41, 5.74) is 10.5. The van der Waals surface area contributed by atoms with E-state index in [0.717, 1.165) is 0 Å². The first-order valence-electron chi connectivity index (χ1n) is 4.97. The molecule has 4 N–H and O–H groups in total. The molecule has 1 aliphatic rings. The molecule has 0 aliphatic carbocycles. The fourth-order valence-corrected chi connectivity index (χ4v) is 1.57. The number of amides is 2. The number of halogens is 1.